The molecule has 1 aromatic carbocycles. The van der Waals surface area contributed by atoms with E-state index in [4.69, 9.17) is 0 Å². The fraction of sp³-hybridized carbons (Fsp3) is 0.625. The van der Waals surface area contributed by atoms with Crippen LogP contribution in [0.25, 0.3) is 0 Å². The highest BCUT2D eigenvalue weighted by Crippen LogP contribution is 2.30. The van der Waals surface area contributed by atoms with Crippen molar-refractivity contribution < 1.29 is 4.39 Å². The summed E-state index contributed by atoms with van der Waals surface area (Å²) < 4.78 is 13.7. The van der Waals surface area contributed by atoms with Crippen LogP contribution in [0, 0.1) is 5.82 Å². The van der Waals surface area contributed by atoms with E-state index in [1.807, 2.05) is 12.1 Å². The van der Waals surface area contributed by atoms with Crippen molar-refractivity contribution in [3.63, 3.8) is 0 Å². The number of hydrogen-bond donors (Lipinski definition) is 1. The fourth-order valence-corrected chi connectivity index (χ4v) is 4.12. The van der Waals surface area contributed by atoms with Crippen molar-refractivity contribution in [2.75, 3.05) is 12.3 Å². The molecule has 106 valence electrons. The maximum absolute atomic E-state index is 13.7. The Labute approximate surface area is 120 Å². The Hall–Kier alpha value is -0.540. The normalized spacial score (nSPS) is 17.8. The average molecular weight is 281 g/mol. The van der Waals surface area contributed by atoms with Crippen molar-refractivity contribution in [2.45, 2.75) is 50.3 Å². The topological polar surface area (TPSA) is 12.0 Å². The van der Waals surface area contributed by atoms with Gasteiger partial charge >= 0.3 is 0 Å². The molecule has 1 aliphatic carbocycles. The highest BCUT2D eigenvalue weighted by Gasteiger charge is 2.18. The Kier molecular flexibility index (Phi) is 6.18. The van der Waals surface area contributed by atoms with E-state index >= 15 is 0 Å². The second kappa shape index (κ2) is 7.91. The Bertz CT molecular complexity index is 377. The second-order valence-corrected chi connectivity index (χ2v) is 6.62. The summed E-state index contributed by atoms with van der Waals surface area (Å²) in [5, 5.41) is 4.33. The molecular weight excluding hydrogens is 257 g/mol. The molecule has 0 aliphatic heterocycles. The fourth-order valence-electron chi connectivity index (χ4n) is 2.72. The predicted molar refractivity (Wildman–Crippen MR) is 82.3 cm³/mol. The van der Waals surface area contributed by atoms with Gasteiger partial charge in [0.25, 0.3) is 0 Å². The molecule has 0 amide bonds. The van der Waals surface area contributed by atoms with E-state index < -0.39 is 0 Å². The number of thioether (sulfide) groups is 1. The SMILES string of the molecule is CCNC(CSC1CCCC1)Cc1ccccc1F. The van der Waals surface area contributed by atoms with Gasteiger partial charge < -0.3 is 5.32 Å². The van der Waals surface area contributed by atoms with E-state index in [0.29, 0.717) is 6.04 Å². The molecule has 1 aromatic rings. The standard InChI is InChI=1S/C16H24FNS/c1-2-18-14(12-19-15-8-4-5-9-15)11-13-7-3-6-10-16(13)17/h3,6-7,10,14-15,18H,2,4-5,8-9,11-12H2,1H3. The molecule has 0 aromatic heterocycles. The van der Waals surface area contributed by atoms with Gasteiger partial charge in [0.05, 0.1) is 0 Å². The Balaban J connectivity index is 1.86. The first-order chi connectivity index (χ1) is 9.29. The van der Waals surface area contributed by atoms with Gasteiger partial charge in [0.15, 0.2) is 0 Å². The van der Waals surface area contributed by atoms with Crippen LogP contribution < -0.4 is 5.32 Å². The first-order valence-corrected chi connectivity index (χ1v) is 8.43. The van der Waals surface area contributed by atoms with Crippen molar-refractivity contribution in [3.05, 3.63) is 35.6 Å². The summed E-state index contributed by atoms with van der Waals surface area (Å²) in [6.45, 7) is 3.07. The van der Waals surface area contributed by atoms with Crippen molar-refractivity contribution >= 4 is 11.8 Å². The summed E-state index contributed by atoms with van der Waals surface area (Å²) in [6, 6.07) is 7.52. The minimum absolute atomic E-state index is 0.0729. The molecule has 1 fully saturated rings. The molecular formula is C16H24FNS. The number of halogens is 1. The minimum Gasteiger partial charge on any atom is -0.313 e. The molecule has 1 atom stereocenters. The summed E-state index contributed by atoms with van der Waals surface area (Å²) in [6.07, 6.45) is 6.29. The first kappa shape index (κ1) is 14.9. The van der Waals surface area contributed by atoms with Crippen LogP contribution in [0.2, 0.25) is 0 Å². The molecule has 1 nitrogen and oxygen atoms in total. The Morgan fingerprint density at radius 3 is 2.74 bits per heavy atom. The maximum Gasteiger partial charge on any atom is 0.126 e. The third kappa shape index (κ3) is 4.81. The molecule has 0 spiro atoms. The molecule has 1 aliphatic rings. The summed E-state index contributed by atoms with van der Waals surface area (Å²) >= 11 is 2.07. The van der Waals surface area contributed by atoms with Gasteiger partial charge in [-0.1, -0.05) is 38.0 Å². The smallest absolute Gasteiger partial charge is 0.126 e. The summed E-state index contributed by atoms with van der Waals surface area (Å²) in [7, 11) is 0. The van der Waals surface area contributed by atoms with Gasteiger partial charge in [0, 0.05) is 17.0 Å². The van der Waals surface area contributed by atoms with Crippen LogP contribution in [0.1, 0.15) is 38.2 Å². The van der Waals surface area contributed by atoms with E-state index in [0.717, 1.165) is 29.5 Å². The molecule has 19 heavy (non-hydrogen) atoms. The van der Waals surface area contributed by atoms with Crippen LogP contribution in [-0.2, 0) is 6.42 Å². The van der Waals surface area contributed by atoms with Crippen LogP contribution in [0.3, 0.4) is 0 Å². The van der Waals surface area contributed by atoms with E-state index in [9.17, 15) is 4.39 Å². The van der Waals surface area contributed by atoms with Gasteiger partial charge in [-0.25, -0.2) is 4.39 Å². The molecule has 2 rings (SSSR count). The summed E-state index contributed by atoms with van der Waals surface area (Å²) in [5.41, 5.74) is 0.834. The Morgan fingerprint density at radius 1 is 1.32 bits per heavy atom. The average Bonchev–Trinajstić information content (AvgIpc) is 2.92. The van der Waals surface area contributed by atoms with Gasteiger partial charge in [0.2, 0.25) is 0 Å². The molecule has 1 unspecified atom stereocenters. The number of benzene rings is 1. The van der Waals surface area contributed by atoms with Gasteiger partial charge in [-0.15, -0.1) is 0 Å². The highest BCUT2D eigenvalue weighted by atomic mass is 32.2. The zero-order valence-electron chi connectivity index (χ0n) is 11.7. The molecule has 0 bridgehead atoms. The van der Waals surface area contributed by atoms with Crippen LogP contribution in [-0.4, -0.2) is 23.6 Å². The zero-order valence-corrected chi connectivity index (χ0v) is 12.5. The number of hydrogen-bond acceptors (Lipinski definition) is 2. The predicted octanol–water partition coefficient (Wildman–Crippen LogP) is 4.02. The van der Waals surface area contributed by atoms with E-state index in [1.165, 1.54) is 25.7 Å². The summed E-state index contributed by atoms with van der Waals surface area (Å²) in [5.74, 6) is 1.02. The molecule has 1 N–H and O–H groups in total. The number of likely N-dealkylation sites (N-methyl/N-ethyl adjacent to an activating group) is 1. The van der Waals surface area contributed by atoms with Gasteiger partial charge in [-0.05, 0) is 37.4 Å². The number of rotatable bonds is 7. The second-order valence-electron chi connectivity index (χ2n) is 5.29. The van der Waals surface area contributed by atoms with Crippen LogP contribution in [0.4, 0.5) is 4.39 Å². The number of nitrogens with one attached hydrogen (secondary N) is 1. The van der Waals surface area contributed by atoms with Gasteiger partial charge in [0.1, 0.15) is 5.82 Å². The van der Waals surface area contributed by atoms with Crippen molar-refractivity contribution in [1.82, 2.24) is 5.32 Å². The van der Waals surface area contributed by atoms with Gasteiger partial charge in [-0.3, -0.25) is 0 Å². The van der Waals surface area contributed by atoms with E-state index in [2.05, 4.69) is 24.0 Å². The maximum atomic E-state index is 13.7. The lowest BCUT2D eigenvalue weighted by Gasteiger charge is -2.20. The Morgan fingerprint density at radius 2 is 2.05 bits per heavy atom. The molecule has 0 radical (unpaired) electrons. The van der Waals surface area contributed by atoms with Crippen LogP contribution in [0.5, 0.6) is 0 Å². The van der Waals surface area contributed by atoms with Crippen molar-refractivity contribution in [3.8, 4) is 0 Å². The van der Waals surface area contributed by atoms with E-state index in [-0.39, 0.29) is 5.82 Å². The molecule has 0 saturated heterocycles. The lowest BCUT2D eigenvalue weighted by Crippen LogP contribution is -2.34. The lowest BCUT2D eigenvalue weighted by atomic mass is 10.1. The van der Waals surface area contributed by atoms with Gasteiger partial charge in [-0.2, -0.15) is 11.8 Å². The monoisotopic (exact) mass is 281 g/mol. The molecule has 1 saturated carbocycles. The largest absolute Gasteiger partial charge is 0.313 e. The highest BCUT2D eigenvalue weighted by molar-refractivity contribution is 7.99. The third-order valence-electron chi connectivity index (χ3n) is 3.75. The lowest BCUT2D eigenvalue weighted by molar-refractivity contribution is 0.545. The van der Waals surface area contributed by atoms with Crippen LogP contribution in [0.15, 0.2) is 24.3 Å². The van der Waals surface area contributed by atoms with Crippen molar-refractivity contribution in [1.29, 1.82) is 0 Å². The van der Waals surface area contributed by atoms with Crippen molar-refractivity contribution in [2.24, 2.45) is 0 Å². The minimum atomic E-state index is -0.0729. The van der Waals surface area contributed by atoms with E-state index in [1.54, 1.807) is 12.1 Å². The first-order valence-electron chi connectivity index (χ1n) is 7.38. The molecule has 3 heteroatoms. The van der Waals surface area contributed by atoms with Crippen LogP contribution >= 0.6 is 11.8 Å². The quantitative estimate of drug-likeness (QED) is 0.810. The zero-order chi connectivity index (χ0) is 13.5. The third-order valence-corrected chi connectivity index (χ3v) is 5.29. The summed E-state index contributed by atoms with van der Waals surface area (Å²) in [4.78, 5) is 0. The molecule has 0 heterocycles.